The van der Waals surface area contributed by atoms with E-state index < -0.39 is 0 Å². The molecule has 0 spiro atoms. The van der Waals surface area contributed by atoms with Gasteiger partial charge in [0.05, 0.1) is 23.4 Å². The van der Waals surface area contributed by atoms with Crippen LogP contribution < -0.4 is 10.2 Å². The summed E-state index contributed by atoms with van der Waals surface area (Å²) >= 11 is 11.6. The number of aromatic nitrogens is 4. The summed E-state index contributed by atoms with van der Waals surface area (Å²) in [6.45, 7) is 4.71. The van der Waals surface area contributed by atoms with Crippen molar-refractivity contribution in [3.63, 3.8) is 0 Å². The van der Waals surface area contributed by atoms with Crippen LogP contribution in [-0.2, 0) is 11.5 Å². The number of para-hydroxylation sites is 1. The molecule has 0 aliphatic rings. The Morgan fingerprint density at radius 1 is 1.18 bits per heavy atom. The first-order chi connectivity index (χ1) is 13.3. The Bertz CT molecular complexity index is 1040. The molecule has 3 rings (SSSR count). The molecule has 2 aromatic carbocycles. The van der Waals surface area contributed by atoms with Crippen molar-refractivity contribution in [2.24, 2.45) is 0 Å². The van der Waals surface area contributed by atoms with E-state index in [2.05, 4.69) is 21.8 Å². The van der Waals surface area contributed by atoms with Crippen LogP contribution >= 0.6 is 23.8 Å². The van der Waals surface area contributed by atoms with E-state index in [1.807, 2.05) is 45.2 Å². The number of quaternary nitrogens is 1. The van der Waals surface area contributed by atoms with Crippen LogP contribution in [-0.4, -0.2) is 39.3 Å². The Balaban J connectivity index is 1.67. The van der Waals surface area contributed by atoms with Crippen LogP contribution in [0.2, 0.25) is 5.02 Å². The van der Waals surface area contributed by atoms with Crippen LogP contribution in [0.4, 0.5) is 5.69 Å². The zero-order valence-corrected chi connectivity index (χ0v) is 17.5. The second-order valence-electron chi connectivity index (χ2n) is 6.84. The zero-order valence-electron chi connectivity index (χ0n) is 15.9. The molecule has 9 heteroatoms. The number of benzene rings is 2. The van der Waals surface area contributed by atoms with Crippen molar-refractivity contribution in [1.29, 1.82) is 0 Å². The molecule has 146 valence electrons. The van der Waals surface area contributed by atoms with Crippen molar-refractivity contribution < 1.29 is 9.69 Å². The molecule has 0 saturated heterocycles. The number of hydrogen-bond acceptors (Lipinski definition) is 4. The van der Waals surface area contributed by atoms with E-state index in [-0.39, 0.29) is 12.5 Å². The SMILES string of the molecule is Cc1cc(C)cc(-n2nnn(C[NH+](C)CC(=O)Nc3ccccc3Cl)c2=S)c1. The first kappa shape index (κ1) is 20.2. The topological polar surface area (TPSA) is 69.2 Å². The Morgan fingerprint density at radius 3 is 2.54 bits per heavy atom. The molecular formula is C19H22ClN6OS+. The molecule has 28 heavy (non-hydrogen) atoms. The second kappa shape index (κ2) is 8.64. The van der Waals surface area contributed by atoms with Crippen molar-refractivity contribution in [3.05, 3.63) is 63.4 Å². The van der Waals surface area contributed by atoms with Crippen LogP contribution in [0.1, 0.15) is 11.1 Å². The van der Waals surface area contributed by atoms with Crippen molar-refractivity contribution in [3.8, 4) is 5.69 Å². The monoisotopic (exact) mass is 417 g/mol. The number of rotatable bonds is 6. The summed E-state index contributed by atoms with van der Waals surface area (Å²) in [5.41, 5.74) is 3.73. The van der Waals surface area contributed by atoms with Gasteiger partial charge in [0.1, 0.15) is 0 Å². The van der Waals surface area contributed by atoms with E-state index in [1.54, 1.807) is 21.5 Å². The van der Waals surface area contributed by atoms with E-state index in [0.717, 1.165) is 21.7 Å². The van der Waals surface area contributed by atoms with Gasteiger partial charge in [0.15, 0.2) is 13.2 Å². The number of hydrogen-bond donors (Lipinski definition) is 2. The van der Waals surface area contributed by atoms with Gasteiger partial charge in [-0.1, -0.05) is 29.8 Å². The number of aryl methyl sites for hydroxylation is 2. The number of likely N-dealkylation sites (N-methyl/N-ethyl adjacent to an activating group) is 1. The van der Waals surface area contributed by atoms with E-state index in [9.17, 15) is 4.79 Å². The predicted octanol–water partition coefficient (Wildman–Crippen LogP) is 2.18. The number of carbonyl (C=O) groups is 1. The molecule has 2 N–H and O–H groups in total. The first-order valence-corrected chi connectivity index (χ1v) is 9.59. The highest BCUT2D eigenvalue weighted by Gasteiger charge is 2.15. The minimum atomic E-state index is -0.140. The van der Waals surface area contributed by atoms with Crippen LogP contribution in [0, 0.1) is 18.6 Å². The largest absolute Gasteiger partial charge is 0.320 e. The van der Waals surface area contributed by atoms with Gasteiger partial charge < -0.3 is 10.2 Å². The quantitative estimate of drug-likeness (QED) is 0.603. The van der Waals surface area contributed by atoms with E-state index >= 15 is 0 Å². The van der Waals surface area contributed by atoms with Gasteiger partial charge in [-0.3, -0.25) is 4.79 Å². The minimum absolute atomic E-state index is 0.140. The van der Waals surface area contributed by atoms with Crippen LogP contribution in [0.25, 0.3) is 5.69 Å². The summed E-state index contributed by atoms with van der Waals surface area (Å²) in [6.07, 6.45) is 0. The molecule has 0 radical (unpaired) electrons. The number of tetrazole rings is 1. The van der Waals surface area contributed by atoms with Gasteiger partial charge in [-0.2, -0.15) is 9.36 Å². The molecular weight excluding hydrogens is 396 g/mol. The minimum Gasteiger partial charge on any atom is -0.320 e. The molecule has 3 aromatic rings. The lowest BCUT2D eigenvalue weighted by Gasteiger charge is -2.13. The summed E-state index contributed by atoms with van der Waals surface area (Å²) in [6, 6.07) is 13.2. The molecule has 0 aliphatic carbocycles. The van der Waals surface area contributed by atoms with Gasteiger partial charge in [-0.15, -0.1) is 0 Å². The Morgan fingerprint density at radius 2 is 1.86 bits per heavy atom. The summed E-state index contributed by atoms with van der Waals surface area (Å²) in [5.74, 6) is -0.140. The van der Waals surface area contributed by atoms with E-state index in [1.165, 1.54) is 0 Å². The first-order valence-electron chi connectivity index (χ1n) is 8.80. The Labute approximate surface area is 173 Å². The van der Waals surface area contributed by atoms with Gasteiger partial charge in [-0.05, 0) is 71.9 Å². The van der Waals surface area contributed by atoms with Gasteiger partial charge in [-0.25, -0.2) is 0 Å². The molecule has 1 aromatic heterocycles. The van der Waals surface area contributed by atoms with E-state index in [0.29, 0.717) is 22.1 Å². The number of carbonyl (C=O) groups excluding carboxylic acids is 1. The van der Waals surface area contributed by atoms with Crippen molar-refractivity contribution in [2.45, 2.75) is 20.5 Å². The maximum absolute atomic E-state index is 12.3. The second-order valence-corrected chi connectivity index (χ2v) is 7.61. The fourth-order valence-electron chi connectivity index (χ4n) is 2.95. The molecule has 1 amide bonds. The molecule has 0 fully saturated rings. The summed E-state index contributed by atoms with van der Waals surface area (Å²) < 4.78 is 3.73. The summed E-state index contributed by atoms with van der Waals surface area (Å²) in [5, 5.41) is 11.6. The third-order valence-corrected chi connectivity index (χ3v) is 4.83. The van der Waals surface area contributed by atoms with Crippen molar-refractivity contribution in [1.82, 2.24) is 19.8 Å². The summed E-state index contributed by atoms with van der Waals surface area (Å²) in [7, 11) is 1.89. The standard InChI is InChI=1S/C19H21ClN6OS/c1-13-8-14(2)10-15(9-13)26-19(28)25(22-23-26)12-24(3)11-18(27)21-17-7-5-4-6-16(17)20/h4-10H,11-12H2,1-3H3,(H,21,27)/p+1. The molecule has 1 atom stereocenters. The van der Waals surface area contributed by atoms with Crippen molar-refractivity contribution >= 4 is 35.4 Å². The number of nitrogens with one attached hydrogen (secondary N) is 2. The number of nitrogens with zero attached hydrogens (tertiary/aromatic N) is 4. The number of anilines is 1. The number of halogens is 1. The van der Waals surface area contributed by atoms with Gasteiger partial charge in [0.2, 0.25) is 4.77 Å². The normalized spacial score (nSPS) is 12.0. The molecule has 0 saturated carbocycles. The third-order valence-electron chi connectivity index (χ3n) is 4.12. The molecule has 1 unspecified atom stereocenters. The fraction of sp³-hybridized carbons (Fsp3) is 0.263. The van der Waals surface area contributed by atoms with Crippen LogP contribution in [0.3, 0.4) is 0 Å². The lowest BCUT2D eigenvalue weighted by molar-refractivity contribution is -0.895. The lowest BCUT2D eigenvalue weighted by Crippen LogP contribution is -3.09. The van der Waals surface area contributed by atoms with Gasteiger partial charge in [0, 0.05) is 0 Å². The molecule has 1 heterocycles. The Hall–Kier alpha value is -2.55. The summed E-state index contributed by atoms with van der Waals surface area (Å²) in [4.78, 5) is 13.2. The number of amides is 1. The maximum Gasteiger partial charge on any atom is 0.279 e. The third kappa shape index (κ3) is 4.83. The zero-order chi connectivity index (χ0) is 20.3. The highest BCUT2D eigenvalue weighted by atomic mass is 35.5. The average molecular weight is 418 g/mol. The van der Waals surface area contributed by atoms with Gasteiger partial charge in [0.25, 0.3) is 5.91 Å². The maximum atomic E-state index is 12.3. The molecule has 0 bridgehead atoms. The highest BCUT2D eigenvalue weighted by Crippen LogP contribution is 2.19. The Kier molecular flexibility index (Phi) is 6.23. The predicted molar refractivity (Wildman–Crippen MR) is 111 cm³/mol. The van der Waals surface area contributed by atoms with Crippen LogP contribution in [0.5, 0.6) is 0 Å². The van der Waals surface area contributed by atoms with Crippen LogP contribution in [0.15, 0.2) is 42.5 Å². The van der Waals surface area contributed by atoms with Gasteiger partial charge >= 0.3 is 0 Å². The molecule has 0 aliphatic heterocycles. The highest BCUT2D eigenvalue weighted by molar-refractivity contribution is 7.71. The fourth-order valence-corrected chi connectivity index (χ4v) is 3.38. The molecule has 7 nitrogen and oxygen atoms in total. The average Bonchev–Trinajstić information content (AvgIpc) is 2.96. The lowest BCUT2D eigenvalue weighted by atomic mass is 10.1. The van der Waals surface area contributed by atoms with Crippen molar-refractivity contribution in [2.75, 3.05) is 18.9 Å². The smallest absolute Gasteiger partial charge is 0.279 e. The van der Waals surface area contributed by atoms with E-state index in [4.69, 9.17) is 23.8 Å².